The van der Waals surface area contributed by atoms with Crippen molar-refractivity contribution in [3.05, 3.63) is 50.5 Å². The molecule has 5 nitrogen and oxygen atoms in total. The zero-order valence-corrected chi connectivity index (χ0v) is 14.1. The van der Waals surface area contributed by atoms with E-state index in [0.29, 0.717) is 34.7 Å². The van der Waals surface area contributed by atoms with E-state index in [1.807, 2.05) is 0 Å². The van der Waals surface area contributed by atoms with Crippen molar-refractivity contribution in [1.29, 1.82) is 0 Å². The molecular formula is C17H16FNO4S. The van der Waals surface area contributed by atoms with Gasteiger partial charge in [0.05, 0.1) is 12.0 Å². The highest BCUT2D eigenvalue weighted by Gasteiger charge is 2.28. The van der Waals surface area contributed by atoms with E-state index in [2.05, 4.69) is 0 Å². The monoisotopic (exact) mass is 349 g/mol. The summed E-state index contributed by atoms with van der Waals surface area (Å²) in [6.07, 6.45) is 0.498. The number of fused-ring (bicyclic) bond motifs is 1. The Morgan fingerprint density at radius 1 is 1.33 bits per heavy atom. The quantitative estimate of drug-likeness (QED) is 0.925. The average Bonchev–Trinajstić information content (AvgIpc) is 2.96. The number of amides is 1. The highest BCUT2D eigenvalue weighted by atomic mass is 32.1. The molecule has 0 saturated carbocycles. The average molecular weight is 349 g/mol. The Balaban J connectivity index is 1.89. The van der Waals surface area contributed by atoms with Crippen molar-refractivity contribution < 1.29 is 23.8 Å². The molecule has 1 amide bonds. The summed E-state index contributed by atoms with van der Waals surface area (Å²) in [7, 11) is 1.53. The highest BCUT2D eigenvalue weighted by molar-refractivity contribution is 7.16. The lowest BCUT2D eigenvalue weighted by Crippen LogP contribution is -2.36. The van der Waals surface area contributed by atoms with Gasteiger partial charge < -0.3 is 14.7 Å². The SMILES string of the molecule is COc1ccc(F)c2c1CCN(C(=O)c1cc(C)c(C(=O)O)s1)C2. The van der Waals surface area contributed by atoms with Gasteiger partial charge in [-0.25, -0.2) is 9.18 Å². The number of aryl methyl sites for hydroxylation is 1. The molecule has 2 aromatic rings. The molecule has 1 aliphatic rings. The van der Waals surface area contributed by atoms with Crippen molar-refractivity contribution in [1.82, 2.24) is 4.90 Å². The molecule has 1 aromatic heterocycles. The molecule has 1 aliphatic heterocycles. The number of hydrogen-bond donors (Lipinski definition) is 1. The van der Waals surface area contributed by atoms with Crippen molar-refractivity contribution >= 4 is 23.2 Å². The van der Waals surface area contributed by atoms with Gasteiger partial charge in [-0.2, -0.15) is 0 Å². The maximum absolute atomic E-state index is 14.1. The molecule has 0 fully saturated rings. The molecule has 0 aliphatic carbocycles. The van der Waals surface area contributed by atoms with Gasteiger partial charge >= 0.3 is 5.97 Å². The van der Waals surface area contributed by atoms with Crippen LogP contribution in [0.2, 0.25) is 0 Å². The van der Waals surface area contributed by atoms with Crippen molar-refractivity contribution in [3.8, 4) is 5.75 Å². The summed E-state index contributed by atoms with van der Waals surface area (Å²) in [6.45, 7) is 2.24. The number of halogens is 1. The summed E-state index contributed by atoms with van der Waals surface area (Å²) in [5, 5.41) is 9.12. The smallest absolute Gasteiger partial charge is 0.346 e. The van der Waals surface area contributed by atoms with Crippen molar-refractivity contribution in [3.63, 3.8) is 0 Å². The van der Waals surface area contributed by atoms with Crippen LogP contribution in [0.25, 0.3) is 0 Å². The molecule has 3 rings (SSSR count). The first-order valence-corrected chi connectivity index (χ1v) is 8.21. The van der Waals surface area contributed by atoms with E-state index in [0.717, 1.165) is 16.9 Å². The molecule has 0 radical (unpaired) electrons. The fourth-order valence-electron chi connectivity index (χ4n) is 2.92. The molecule has 2 heterocycles. The number of hydrogen-bond acceptors (Lipinski definition) is 4. The largest absolute Gasteiger partial charge is 0.496 e. The Labute approximate surface area is 142 Å². The van der Waals surface area contributed by atoms with E-state index < -0.39 is 5.97 Å². The Morgan fingerprint density at radius 2 is 2.08 bits per heavy atom. The number of methoxy groups -OCH3 is 1. The topological polar surface area (TPSA) is 66.8 Å². The number of rotatable bonds is 3. The van der Waals surface area contributed by atoms with E-state index in [9.17, 15) is 14.0 Å². The van der Waals surface area contributed by atoms with Gasteiger partial charge in [0, 0.05) is 24.2 Å². The van der Waals surface area contributed by atoms with Gasteiger partial charge in [0.25, 0.3) is 5.91 Å². The Bertz CT molecular complexity index is 830. The van der Waals surface area contributed by atoms with Crippen LogP contribution in [-0.2, 0) is 13.0 Å². The van der Waals surface area contributed by atoms with Gasteiger partial charge in [0.15, 0.2) is 0 Å². The highest BCUT2D eigenvalue weighted by Crippen LogP contribution is 2.31. The second kappa shape index (κ2) is 6.24. The molecule has 1 aromatic carbocycles. The van der Waals surface area contributed by atoms with Crippen LogP contribution in [0.1, 0.15) is 36.0 Å². The molecular weight excluding hydrogens is 333 g/mol. The number of carbonyl (C=O) groups excluding carboxylic acids is 1. The van der Waals surface area contributed by atoms with Gasteiger partial charge in [0.2, 0.25) is 0 Å². The van der Waals surface area contributed by atoms with Crippen molar-refractivity contribution in [2.75, 3.05) is 13.7 Å². The number of thiophene rings is 1. The van der Waals surface area contributed by atoms with Crippen LogP contribution in [0.5, 0.6) is 5.75 Å². The van der Waals surface area contributed by atoms with Gasteiger partial charge in [-0.1, -0.05) is 0 Å². The maximum atomic E-state index is 14.1. The van der Waals surface area contributed by atoms with E-state index in [1.165, 1.54) is 13.2 Å². The minimum Gasteiger partial charge on any atom is -0.496 e. The number of carboxylic acids is 1. The van der Waals surface area contributed by atoms with Gasteiger partial charge in [-0.15, -0.1) is 11.3 Å². The third-order valence-corrected chi connectivity index (χ3v) is 5.35. The van der Waals surface area contributed by atoms with Crippen LogP contribution < -0.4 is 4.74 Å². The first-order chi connectivity index (χ1) is 11.4. The normalized spacial score (nSPS) is 13.5. The number of aromatic carboxylic acids is 1. The van der Waals surface area contributed by atoms with Crippen molar-refractivity contribution in [2.24, 2.45) is 0 Å². The summed E-state index contributed by atoms with van der Waals surface area (Å²) in [5.74, 6) is -1.06. The molecule has 0 saturated heterocycles. The standard InChI is InChI=1S/C17H16FNO4S/c1-9-7-14(24-15(9)17(21)22)16(20)19-6-5-10-11(8-19)12(18)3-4-13(10)23-2/h3-4,7H,5-6,8H2,1-2H3,(H,21,22). The summed E-state index contributed by atoms with van der Waals surface area (Å²) in [4.78, 5) is 25.8. The van der Waals surface area contributed by atoms with E-state index in [-0.39, 0.29) is 23.1 Å². The Kier molecular flexibility index (Phi) is 4.28. The second-order valence-electron chi connectivity index (χ2n) is 5.61. The molecule has 1 N–H and O–H groups in total. The molecule has 0 bridgehead atoms. The minimum atomic E-state index is -1.05. The van der Waals surface area contributed by atoms with Gasteiger partial charge in [-0.3, -0.25) is 4.79 Å². The van der Waals surface area contributed by atoms with Crippen LogP contribution >= 0.6 is 11.3 Å². The lowest BCUT2D eigenvalue weighted by atomic mass is 9.98. The fraction of sp³-hybridized carbons (Fsp3) is 0.294. The molecule has 7 heteroatoms. The predicted octanol–water partition coefficient (Wildman–Crippen LogP) is 3.10. The second-order valence-corrected chi connectivity index (χ2v) is 6.66. The predicted molar refractivity (Wildman–Crippen MR) is 87.4 cm³/mol. The molecule has 126 valence electrons. The first-order valence-electron chi connectivity index (χ1n) is 7.39. The van der Waals surface area contributed by atoms with Crippen molar-refractivity contribution in [2.45, 2.75) is 19.9 Å². The number of carboxylic acid groups (broad SMARTS) is 1. The third kappa shape index (κ3) is 2.75. The summed E-state index contributed by atoms with van der Waals surface area (Å²) >= 11 is 0.953. The molecule has 0 unspecified atom stereocenters. The van der Waals surface area contributed by atoms with Gasteiger partial charge in [0.1, 0.15) is 16.4 Å². The van der Waals surface area contributed by atoms with Crippen LogP contribution in [0.3, 0.4) is 0 Å². The molecule has 24 heavy (non-hydrogen) atoms. The van der Waals surface area contributed by atoms with E-state index >= 15 is 0 Å². The number of benzene rings is 1. The van der Waals surface area contributed by atoms with Gasteiger partial charge in [-0.05, 0) is 37.1 Å². The molecule has 0 spiro atoms. The minimum absolute atomic E-state index is 0.149. The Hall–Kier alpha value is -2.41. The van der Waals surface area contributed by atoms with Crippen LogP contribution in [0.4, 0.5) is 4.39 Å². The third-order valence-electron chi connectivity index (χ3n) is 4.14. The van der Waals surface area contributed by atoms with Crippen LogP contribution in [0.15, 0.2) is 18.2 Å². The summed E-state index contributed by atoms with van der Waals surface area (Å²) < 4.78 is 19.4. The number of nitrogens with zero attached hydrogens (tertiary/aromatic N) is 1. The van der Waals surface area contributed by atoms with E-state index in [1.54, 1.807) is 24.0 Å². The lowest BCUT2D eigenvalue weighted by molar-refractivity contribution is 0.0700. The van der Waals surface area contributed by atoms with Crippen LogP contribution in [-0.4, -0.2) is 35.5 Å². The number of carbonyl (C=O) groups is 2. The number of ether oxygens (including phenoxy) is 1. The summed E-state index contributed by atoms with van der Waals surface area (Å²) in [6, 6.07) is 4.50. The lowest BCUT2D eigenvalue weighted by Gasteiger charge is -2.29. The fourth-order valence-corrected chi connectivity index (χ4v) is 3.90. The Morgan fingerprint density at radius 3 is 2.71 bits per heavy atom. The zero-order valence-electron chi connectivity index (χ0n) is 13.3. The summed E-state index contributed by atoms with van der Waals surface area (Å²) in [5.41, 5.74) is 1.80. The van der Waals surface area contributed by atoms with Crippen LogP contribution in [0, 0.1) is 12.7 Å². The molecule has 0 atom stereocenters. The maximum Gasteiger partial charge on any atom is 0.346 e. The zero-order chi connectivity index (χ0) is 17.4. The van der Waals surface area contributed by atoms with E-state index in [4.69, 9.17) is 9.84 Å². The first kappa shape index (κ1) is 16.4.